The normalized spacial score (nSPS) is 11.4. The molecule has 0 atom stereocenters. The summed E-state index contributed by atoms with van der Waals surface area (Å²) in [6.45, 7) is 0. The molecule has 0 unspecified atom stereocenters. The average Bonchev–Trinajstić information content (AvgIpc) is 2.69. The largest absolute Gasteiger partial charge is 0.268 e. The third-order valence-electron chi connectivity index (χ3n) is 4.61. The van der Waals surface area contributed by atoms with Crippen LogP contribution >= 0.6 is 15.9 Å². The summed E-state index contributed by atoms with van der Waals surface area (Å²) in [4.78, 5) is 31.3. The molecule has 5 nitrogen and oxygen atoms in total. The van der Waals surface area contributed by atoms with Crippen molar-refractivity contribution in [3.8, 4) is 5.69 Å². The molecule has 0 amide bonds. The topological polar surface area (TPSA) is 56.4 Å². The van der Waals surface area contributed by atoms with Crippen LogP contribution in [0, 0.1) is 0 Å². The van der Waals surface area contributed by atoms with Gasteiger partial charge in [-0.05, 0) is 42.5 Å². The zero-order chi connectivity index (χ0) is 18.5. The first-order valence-corrected chi connectivity index (χ1v) is 9.16. The molecule has 0 spiro atoms. The highest BCUT2D eigenvalue weighted by Gasteiger charge is 2.16. The molecule has 2 heterocycles. The van der Waals surface area contributed by atoms with Crippen LogP contribution in [0.1, 0.15) is 0 Å². The van der Waals surface area contributed by atoms with E-state index in [9.17, 15) is 9.59 Å². The van der Waals surface area contributed by atoms with Gasteiger partial charge in [0.1, 0.15) is 0 Å². The van der Waals surface area contributed by atoms with Gasteiger partial charge in [-0.15, -0.1) is 0 Å². The molecule has 0 aliphatic carbocycles. The summed E-state index contributed by atoms with van der Waals surface area (Å²) in [6.07, 6.45) is 0. The molecular formula is C21H12BrN3O2. The summed E-state index contributed by atoms with van der Waals surface area (Å²) in [5, 5.41) is 0.956. The fraction of sp³-hybridized carbons (Fsp3) is 0. The van der Waals surface area contributed by atoms with E-state index in [0.29, 0.717) is 33.3 Å². The van der Waals surface area contributed by atoms with Gasteiger partial charge in [-0.3, -0.25) is 9.59 Å². The Kier molecular flexibility index (Phi) is 3.48. The first-order valence-electron chi connectivity index (χ1n) is 8.36. The Labute approximate surface area is 161 Å². The molecular weight excluding hydrogens is 406 g/mol. The maximum Gasteiger partial charge on any atom is 0.267 e. The third-order valence-corrected chi connectivity index (χ3v) is 5.10. The maximum absolute atomic E-state index is 13.3. The molecule has 0 bridgehead atoms. The van der Waals surface area contributed by atoms with Crippen LogP contribution in [-0.4, -0.2) is 14.0 Å². The van der Waals surface area contributed by atoms with Crippen LogP contribution in [0.2, 0.25) is 0 Å². The number of benzene rings is 3. The summed E-state index contributed by atoms with van der Waals surface area (Å²) in [7, 11) is 0. The minimum atomic E-state index is -0.223. The van der Waals surface area contributed by atoms with Crippen LogP contribution in [0.3, 0.4) is 0 Å². The van der Waals surface area contributed by atoms with E-state index in [-0.39, 0.29) is 11.1 Å². The molecule has 5 rings (SSSR count). The molecule has 0 N–H and O–H groups in total. The van der Waals surface area contributed by atoms with Crippen molar-refractivity contribution >= 4 is 43.5 Å². The van der Waals surface area contributed by atoms with E-state index in [1.54, 1.807) is 24.3 Å². The molecule has 0 aliphatic heterocycles. The van der Waals surface area contributed by atoms with E-state index in [0.717, 1.165) is 4.47 Å². The van der Waals surface area contributed by atoms with Gasteiger partial charge in [-0.1, -0.05) is 46.3 Å². The second kappa shape index (κ2) is 5.89. The van der Waals surface area contributed by atoms with E-state index in [1.807, 2.05) is 48.5 Å². The summed E-state index contributed by atoms with van der Waals surface area (Å²) >= 11 is 3.42. The average molecular weight is 418 g/mol. The lowest BCUT2D eigenvalue weighted by molar-refractivity contribution is 0.942. The van der Waals surface area contributed by atoms with Crippen LogP contribution in [0.25, 0.3) is 33.3 Å². The summed E-state index contributed by atoms with van der Waals surface area (Å²) in [5.41, 5.74) is 1.33. The number of aromatic nitrogens is 3. The van der Waals surface area contributed by atoms with Crippen molar-refractivity contribution in [3.63, 3.8) is 0 Å². The van der Waals surface area contributed by atoms with Crippen molar-refractivity contribution in [3.05, 3.63) is 98.0 Å². The second-order valence-electron chi connectivity index (χ2n) is 6.21. The molecule has 0 fully saturated rings. The Morgan fingerprint density at radius 3 is 2.33 bits per heavy atom. The first-order chi connectivity index (χ1) is 13.1. The molecule has 130 valence electrons. The number of halogens is 1. The number of nitrogens with zero attached hydrogens (tertiary/aromatic N) is 3. The van der Waals surface area contributed by atoms with Crippen molar-refractivity contribution in [2.75, 3.05) is 0 Å². The van der Waals surface area contributed by atoms with Gasteiger partial charge >= 0.3 is 0 Å². The van der Waals surface area contributed by atoms with Gasteiger partial charge < -0.3 is 0 Å². The zero-order valence-electron chi connectivity index (χ0n) is 14.0. The fourth-order valence-electron chi connectivity index (χ4n) is 3.38. The predicted molar refractivity (Wildman–Crippen MR) is 110 cm³/mol. The molecule has 2 aromatic heterocycles. The lowest BCUT2D eigenvalue weighted by Crippen LogP contribution is -2.28. The summed E-state index contributed by atoms with van der Waals surface area (Å²) in [6, 6.07) is 21.7. The predicted octanol–water partition coefficient (Wildman–Crippen LogP) is 3.91. The first kappa shape index (κ1) is 16.0. The lowest BCUT2D eigenvalue weighted by Gasteiger charge is -2.14. The van der Waals surface area contributed by atoms with Crippen LogP contribution in [0.4, 0.5) is 0 Å². The van der Waals surface area contributed by atoms with Crippen molar-refractivity contribution < 1.29 is 0 Å². The van der Waals surface area contributed by atoms with Gasteiger partial charge in [0, 0.05) is 4.47 Å². The highest BCUT2D eigenvalue weighted by Crippen LogP contribution is 2.20. The molecule has 0 radical (unpaired) electrons. The Morgan fingerprint density at radius 2 is 1.52 bits per heavy atom. The summed E-state index contributed by atoms with van der Waals surface area (Å²) in [5.74, 6) is 0.296. The Morgan fingerprint density at radius 1 is 0.778 bits per heavy atom. The highest BCUT2D eigenvalue weighted by molar-refractivity contribution is 9.10. The number of fused-ring (bicyclic) bond motifs is 4. The fourth-order valence-corrected chi connectivity index (χ4v) is 3.74. The van der Waals surface area contributed by atoms with Crippen molar-refractivity contribution in [1.29, 1.82) is 0 Å². The van der Waals surface area contributed by atoms with E-state index < -0.39 is 0 Å². The molecule has 0 aliphatic rings. The summed E-state index contributed by atoms with van der Waals surface area (Å²) < 4.78 is 3.77. The monoisotopic (exact) mass is 417 g/mol. The number of hydrogen-bond donors (Lipinski definition) is 0. The molecule has 3 aromatic carbocycles. The lowest BCUT2D eigenvalue weighted by atomic mass is 10.2. The quantitative estimate of drug-likeness (QED) is 0.306. The van der Waals surface area contributed by atoms with E-state index in [4.69, 9.17) is 0 Å². The SMILES string of the molecule is O=c1c2cc(Br)ccc2n2c(=O)c3ccccc3nc2n1-c1ccccc1. The van der Waals surface area contributed by atoms with Gasteiger partial charge in [-0.25, -0.2) is 14.0 Å². The Balaban J connectivity index is 2.15. The van der Waals surface area contributed by atoms with E-state index in [2.05, 4.69) is 20.9 Å². The van der Waals surface area contributed by atoms with Gasteiger partial charge in [0.2, 0.25) is 5.78 Å². The van der Waals surface area contributed by atoms with Crippen molar-refractivity contribution in [2.24, 2.45) is 0 Å². The van der Waals surface area contributed by atoms with E-state index in [1.165, 1.54) is 8.97 Å². The Bertz CT molecular complexity index is 1470. The van der Waals surface area contributed by atoms with Crippen LogP contribution in [-0.2, 0) is 0 Å². The maximum atomic E-state index is 13.3. The van der Waals surface area contributed by atoms with Gasteiger partial charge in [0.15, 0.2) is 0 Å². The van der Waals surface area contributed by atoms with Crippen LogP contribution in [0.5, 0.6) is 0 Å². The smallest absolute Gasteiger partial charge is 0.267 e. The minimum absolute atomic E-state index is 0.201. The zero-order valence-corrected chi connectivity index (χ0v) is 15.6. The van der Waals surface area contributed by atoms with Gasteiger partial charge in [0.05, 0.1) is 27.5 Å². The molecule has 0 saturated heterocycles. The molecule has 6 heteroatoms. The number of hydrogen-bond acceptors (Lipinski definition) is 3. The van der Waals surface area contributed by atoms with Gasteiger partial charge in [0.25, 0.3) is 11.1 Å². The molecule has 27 heavy (non-hydrogen) atoms. The number of para-hydroxylation sites is 2. The highest BCUT2D eigenvalue weighted by atomic mass is 79.9. The van der Waals surface area contributed by atoms with Crippen molar-refractivity contribution in [1.82, 2.24) is 14.0 Å². The second-order valence-corrected chi connectivity index (χ2v) is 7.12. The standard InChI is InChI=1S/C21H12BrN3O2/c22-13-10-11-18-16(12-13)20(27)24(14-6-2-1-3-7-14)21-23-17-9-5-4-8-15(17)19(26)25(18)21/h1-12H. The Hall–Kier alpha value is -3.25. The van der Waals surface area contributed by atoms with Crippen molar-refractivity contribution in [2.45, 2.75) is 0 Å². The molecule has 5 aromatic rings. The third kappa shape index (κ3) is 2.34. The van der Waals surface area contributed by atoms with Crippen LogP contribution < -0.4 is 11.1 Å². The van der Waals surface area contributed by atoms with E-state index >= 15 is 0 Å². The minimum Gasteiger partial charge on any atom is -0.268 e. The number of rotatable bonds is 1. The van der Waals surface area contributed by atoms with Gasteiger partial charge in [-0.2, -0.15) is 0 Å². The van der Waals surface area contributed by atoms with Crippen LogP contribution in [0.15, 0.2) is 86.9 Å². The molecule has 0 saturated carbocycles.